The summed E-state index contributed by atoms with van der Waals surface area (Å²) in [7, 11) is 0. The van der Waals surface area contributed by atoms with Crippen molar-refractivity contribution in [3.05, 3.63) is 24.3 Å². The van der Waals surface area contributed by atoms with Crippen molar-refractivity contribution < 1.29 is 14.7 Å². The molecule has 1 aromatic heterocycles. The van der Waals surface area contributed by atoms with E-state index in [0.717, 1.165) is 19.4 Å². The summed E-state index contributed by atoms with van der Waals surface area (Å²) in [5.41, 5.74) is -0.504. The van der Waals surface area contributed by atoms with E-state index < -0.39 is 24.1 Å². The molecule has 22 heavy (non-hydrogen) atoms. The van der Waals surface area contributed by atoms with Crippen molar-refractivity contribution in [2.75, 3.05) is 19.7 Å². The molecule has 2 amide bonds. The lowest BCUT2D eigenvalue weighted by molar-refractivity contribution is -0.161. The number of nitrogens with one attached hydrogen (secondary N) is 2. The van der Waals surface area contributed by atoms with E-state index in [4.69, 9.17) is 0 Å². The van der Waals surface area contributed by atoms with Gasteiger partial charge in [0.25, 0.3) is 0 Å². The number of carbonyl (C=O) groups excluding carboxylic acids is 2. The molecule has 2 saturated heterocycles. The minimum Gasteiger partial charge on any atom is -0.394 e. The molecule has 1 aromatic rings. The predicted molar refractivity (Wildman–Crippen MR) is 76.4 cm³/mol. The molecule has 2 fully saturated rings. The Morgan fingerprint density at radius 1 is 1.50 bits per heavy atom. The third kappa shape index (κ3) is 2.55. The van der Waals surface area contributed by atoms with E-state index in [1.54, 1.807) is 18.5 Å². The van der Waals surface area contributed by atoms with Gasteiger partial charge in [0, 0.05) is 18.9 Å². The van der Waals surface area contributed by atoms with Gasteiger partial charge in [0.2, 0.25) is 11.8 Å². The molecule has 2 unspecified atom stereocenters. The second kappa shape index (κ2) is 5.98. The molecule has 0 bridgehead atoms. The SMILES string of the molecule is O=C(NCc1ncccn1)C(CO)N1CC2(CCCN2)C1=O. The monoisotopic (exact) mass is 305 g/mol. The number of amides is 2. The summed E-state index contributed by atoms with van der Waals surface area (Å²) >= 11 is 0. The Morgan fingerprint density at radius 3 is 2.86 bits per heavy atom. The number of nitrogens with zero attached hydrogens (tertiary/aromatic N) is 3. The van der Waals surface area contributed by atoms with Crippen LogP contribution in [0.25, 0.3) is 0 Å². The van der Waals surface area contributed by atoms with Gasteiger partial charge in [-0.1, -0.05) is 0 Å². The highest BCUT2D eigenvalue weighted by Crippen LogP contribution is 2.32. The zero-order valence-corrected chi connectivity index (χ0v) is 12.2. The molecule has 0 saturated carbocycles. The average Bonchev–Trinajstić information content (AvgIpc) is 3.05. The van der Waals surface area contributed by atoms with Gasteiger partial charge in [-0.25, -0.2) is 9.97 Å². The lowest BCUT2D eigenvalue weighted by Gasteiger charge is -2.49. The molecule has 1 spiro atoms. The van der Waals surface area contributed by atoms with Crippen LogP contribution in [0.4, 0.5) is 0 Å². The lowest BCUT2D eigenvalue weighted by atomic mass is 9.85. The van der Waals surface area contributed by atoms with Crippen LogP contribution in [0.5, 0.6) is 0 Å². The van der Waals surface area contributed by atoms with Crippen molar-refractivity contribution in [1.29, 1.82) is 0 Å². The highest BCUT2D eigenvalue weighted by Gasteiger charge is 2.56. The second-order valence-electron chi connectivity index (χ2n) is 5.63. The van der Waals surface area contributed by atoms with Crippen LogP contribution < -0.4 is 10.6 Å². The Bertz CT molecular complexity index is 559. The van der Waals surface area contributed by atoms with Gasteiger partial charge in [0.1, 0.15) is 17.4 Å². The first kappa shape index (κ1) is 14.9. The Hall–Kier alpha value is -2.06. The number of aliphatic hydroxyl groups excluding tert-OH is 1. The topological polar surface area (TPSA) is 107 Å². The van der Waals surface area contributed by atoms with E-state index in [2.05, 4.69) is 20.6 Å². The van der Waals surface area contributed by atoms with E-state index in [0.29, 0.717) is 12.4 Å². The van der Waals surface area contributed by atoms with Crippen LogP contribution in [0, 0.1) is 0 Å². The molecule has 2 aliphatic rings. The van der Waals surface area contributed by atoms with Gasteiger partial charge in [0.15, 0.2) is 0 Å². The van der Waals surface area contributed by atoms with Crippen LogP contribution in [-0.4, -0.2) is 63.1 Å². The van der Waals surface area contributed by atoms with E-state index in [-0.39, 0.29) is 12.5 Å². The van der Waals surface area contributed by atoms with Gasteiger partial charge in [-0.2, -0.15) is 0 Å². The van der Waals surface area contributed by atoms with Crippen LogP contribution in [-0.2, 0) is 16.1 Å². The van der Waals surface area contributed by atoms with E-state index in [9.17, 15) is 14.7 Å². The summed E-state index contributed by atoms with van der Waals surface area (Å²) in [5.74, 6) is -0.0114. The third-order valence-electron chi connectivity index (χ3n) is 4.25. The van der Waals surface area contributed by atoms with Crippen LogP contribution in [0.1, 0.15) is 18.7 Å². The maximum atomic E-state index is 12.3. The van der Waals surface area contributed by atoms with Crippen LogP contribution in [0.3, 0.4) is 0 Å². The zero-order valence-electron chi connectivity index (χ0n) is 12.2. The smallest absolute Gasteiger partial charge is 0.245 e. The molecule has 3 rings (SSSR count). The Morgan fingerprint density at radius 2 is 2.27 bits per heavy atom. The summed E-state index contributed by atoms with van der Waals surface area (Å²) in [4.78, 5) is 33.9. The summed E-state index contributed by atoms with van der Waals surface area (Å²) in [6, 6.07) is 0.832. The number of rotatable bonds is 5. The highest BCUT2D eigenvalue weighted by molar-refractivity contribution is 5.97. The Kier molecular flexibility index (Phi) is 4.04. The van der Waals surface area contributed by atoms with Crippen LogP contribution >= 0.6 is 0 Å². The van der Waals surface area contributed by atoms with Crippen molar-refractivity contribution in [3.8, 4) is 0 Å². The molecule has 8 heteroatoms. The number of aromatic nitrogens is 2. The van der Waals surface area contributed by atoms with Gasteiger partial charge in [-0.05, 0) is 25.5 Å². The number of likely N-dealkylation sites (tertiary alicyclic amines) is 1. The number of hydrogen-bond donors (Lipinski definition) is 3. The first-order chi connectivity index (χ1) is 10.7. The van der Waals surface area contributed by atoms with E-state index in [1.165, 1.54) is 4.90 Å². The first-order valence-corrected chi connectivity index (χ1v) is 7.37. The lowest BCUT2D eigenvalue weighted by Crippen LogP contribution is -2.75. The molecule has 0 radical (unpaired) electrons. The fraction of sp³-hybridized carbons (Fsp3) is 0.571. The molecule has 3 N–H and O–H groups in total. The maximum absolute atomic E-state index is 12.3. The van der Waals surface area contributed by atoms with Crippen LogP contribution in [0.15, 0.2) is 18.5 Å². The molecule has 0 aromatic carbocycles. The quantitative estimate of drug-likeness (QED) is 0.567. The Labute approximate surface area is 127 Å². The molecule has 118 valence electrons. The van der Waals surface area contributed by atoms with Crippen molar-refractivity contribution in [2.45, 2.75) is 31.0 Å². The third-order valence-corrected chi connectivity index (χ3v) is 4.25. The minimum atomic E-state index is -0.857. The highest BCUT2D eigenvalue weighted by atomic mass is 16.3. The molecule has 2 atom stereocenters. The average molecular weight is 305 g/mol. The first-order valence-electron chi connectivity index (χ1n) is 7.37. The van der Waals surface area contributed by atoms with Gasteiger partial charge in [-0.15, -0.1) is 0 Å². The maximum Gasteiger partial charge on any atom is 0.245 e. The minimum absolute atomic E-state index is 0.102. The molecule has 3 heterocycles. The number of aliphatic hydroxyl groups is 1. The van der Waals surface area contributed by atoms with Gasteiger partial charge in [-0.3, -0.25) is 9.59 Å². The van der Waals surface area contributed by atoms with E-state index in [1.807, 2.05) is 0 Å². The van der Waals surface area contributed by atoms with Crippen LogP contribution in [0.2, 0.25) is 0 Å². The van der Waals surface area contributed by atoms with Crippen molar-refractivity contribution in [2.24, 2.45) is 0 Å². The van der Waals surface area contributed by atoms with Gasteiger partial charge >= 0.3 is 0 Å². The standard InChI is InChI=1S/C14H19N5O3/c20-8-10(12(21)17-7-11-15-4-2-5-16-11)19-9-14(13(19)22)3-1-6-18-14/h2,4-5,10,18,20H,1,3,6-9H2,(H,17,21). The summed E-state index contributed by atoms with van der Waals surface area (Å²) in [6.45, 7) is 1.05. The Balaban J connectivity index is 1.57. The number of β-lactam (4-membered cyclic amide) rings is 1. The summed E-state index contributed by atoms with van der Waals surface area (Å²) in [5, 5.41) is 15.3. The largest absolute Gasteiger partial charge is 0.394 e. The normalized spacial score (nSPS) is 25.1. The predicted octanol–water partition coefficient (Wildman–Crippen LogP) is -1.58. The fourth-order valence-corrected chi connectivity index (χ4v) is 3.02. The second-order valence-corrected chi connectivity index (χ2v) is 5.63. The molecule has 8 nitrogen and oxygen atoms in total. The van der Waals surface area contributed by atoms with Crippen molar-refractivity contribution in [3.63, 3.8) is 0 Å². The van der Waals surface area contributed by atoms with Gasteiger partial charge in [0.05, 0.1) is 13.2 Å². The van der Waals surface area contributed by atoms with Crippen molar-refractivity contribution >= 4 is 11.8 Å². The number of carbonyl (C=O) groups is 2. The molecular weight excluding hydrogens is 286 g/mol. The summed E-state index contributed by atoms with van der Waals surface area (Å²) in [6.07, 6.45) is 4.93. The van der Waals surface area contributed by atoms with Crippen molar-refractivity contribution in [1.82, 2.24) is 25.5 Å². The molecule has 0 aliphatic carbocycles. The number of hydrogen-bond acceptors (Lipinski definition) is 6. The van der Waals surface area contributed by atoms with E-state index >= 15 is 0 Å². The zero-order chi connectivity index (χ0) is 15.6. The molecule has 2 aliphatic heterocycles. The fourth-order valence-electron chi connectivity index (χ4n) is 3.02. The van der Waals surface area contributed by atoms with Gasteiger partial charge < -0.3 is 20.6 Å². The molecular formula is C14H19N5O3. The summed E-state index contributed by atoms with van der Waals surface area (Å²) < 4.78 is 0.